The van der Waals surface area contributed by atoms with E-state index in [2.05, 4.69) is 31.3 Å². The van der Waals surface area contributed by atoms with Crippen molar-refractivity contribution in [3.8, 4) is 0 Å². The van der Waals surface area contributed by atoms with Gasteiger partial charge in [-0.1, -0.05) is 36.7 Å². The summed E-state index contributed by atoms with van der Waals surface area (Å²) in [6.45, 7) is 6.25. The summed E-state index contributed by atoms with van der Waals surface area (Å²) in [4.78, 5) is 0. The molecule has 2 rings (SSSR count). The molecule has 1 aromatic rings. The van der Waals surface area contributed by atoms with Gasteiger partial charge >= 0.3 is 0 Å². The lowest BCUT2D eigenvalue weighted by Gasteiger charge is -2.22. The lowest BCUT2D eigenvalue weighted by Crippen LogP contribution is -2.25. The fourth-order valence-electron chi connectivity index (χ4n) is 2.82. The van der Waals surface area contributed by atoms with Crippen LogP contribution in [-0.4, -0.2) is 25.3 Å². The number of likely N-dealkylation sites (N-methyl/N-ethyl adjacent to an activating group) is 1. The molecule has 3 unspecified atom stereocenters. The van der Waals surface area contributed by atoms with E-state index < -0.39 is 0 Å². The quantitative estimate of drug-likeness (QED) is 0.851. The Morgan fingerprint density at radius 3 is 2.79 bits per heavy atom. The highest BCUT2D eigenvalue weighted by molar-refractivity contribution is 6.31. The molecule has 0 saturated carbocycles. The van der Waals surface area contributed by atoms with Crippen molar-refractivity contribution in [3.63, 3.8) is 0 Å². The van der Waals surface area contributed by atoms with E-state index in [9.17, 15) is 0 Å². The van der Waals surface area contributed by atoms with Crippen LogP contribution in [0.15, 0.2) is 24.3 Å². The van der Waals surface area contributed by atoms with Crippen molar-refractivity contribution >= 4 is 11.6 Å². The Morgan fingerprint density at radius 2 is 2.16 bits per heavy atom. The number of benzene rings is 1. The van der Waals surface area contributed by atoms with Crippen molar-refractivity contribution in [2.24, 2.45) is 0 Å². The summed E-state index contributed by atoms with van der Waals surface area (Å²) in [6, 6.07) is 8.18. The van der Waals surface area contributed by atoms with E-state index >= 15 is 0 Å². The molecule has 0 radical (unpaired) electrons. The van der Waals surface area contributed by atoms with Gasteiger partial charge in [-0.2, -0.15) is 0 Å². The van der Waals surface area contributed by atoms with Crippen LogP contribution in [0.3, 0.4) is 0 Å². The molecule has 1 saturated heterocycles. The van der Waals surface area contributed by atoms with Gasteiger partial charge in [0.25, 0.3) is 0 Å². The average molecular weight is 282 g/mol. The third-order valence-electron chi connectivity index (χ3n) is 3.85. The molecule has 1 aliphatic heterocycles. The molecule has 1 aromatic carbocycles. The van der Waals surface area contributed by atoms with Gasteiger partial charge in [0.05, 0.1) is 12.2 Å². The van der Waals surface area contributed by atoms with Crippen LogP contribution in [0.25, 0.3) is 0 Å². The summed E-state index contributed by atoms with van der Waals surface area (Å²) in [5.74, 6) is 0.434. The first-order valence-corrected chi connectivity index (χ1v) is 7.69. The van der Waals surface area contributed by atoms with E-state index in [4.69, 9.17) is 16.3 Å². The van der Waals surface area contributed by atoms with Crippen LogP contribution in [0.4, 0.5) is 0 Å². The van der Waals surface area contributed by atoms with Crippen LogP contribution in [0.1, 0.15) is 44.6 Å². The Labute approximate surface area is 121 Å². The summed E-state index contributed by atoms with van der Waals surface area (Å²) in [7, 11) is 0. The van der Waals surface area contributed by atoms with Gasteiger partial charge in [-0.05, 0) is 44.4 Å². The number of rotatable bonds is 6. The standard InChI is InChI=1S/C16H24ClNO/c1-3-18-11-13(10-14-9-8-12(2)19-14)15-6-4-5-7-16(15)17/h4-7,12-14,18H,3,8-11H2,1-2H3. The smallest absolute Gasteiger partial charge is 0.0586 e. The number of hydrogen-bond acceptors (Lipinski definition) is 2. The van der Waals surface area contributed by atoms with Crippen molar-refractivity contribution in [3.05, 3.63) is 34.9 Å². The highest BCUT2D eigenvalue weighted by atomic mass is 35.5. The van der Waals surface area contributed by atoms with Crippen LogP contribution in [0.2, 0.25) is 5.02 Å². The lowest BCUT2D eigenvalue weighted by molar-refractivity contribution is 0.0466. The summed E-state index contributed by atoms with van der Waals surface area (Å²) in [6.07, 6.45) is 4.21. The van der Waals surface area contributed by atoms with Crippen molar-refractivity contribution in [1.29, 1.82) is 0 Å². The number of hydrogen-bond donors (Lipinski definition) is 1. The van der Waals surface area contributed by atoms with Crippen LogP contribution >= 0.6 is 11.6 Å². The SMILES string of the molecule is CCNCC(CC1CCC(C)O1)c1ccccc1Cl. The van der Waals surface area contributed by atoms with Crippen LogP contribution in [0, 0.1) is 0 Å². The maximum atomic E-state index is 6.34. The van der Waals surface area contributed by atoms with E-state index in [1.54, 1.807) is 0 Å². The minimum atomic E-state index is 0.384. The second kappa shape index (κ2) is 7.28. The van der Waals surface area contributed by atoms with Crippen molar-refractivity contribution < 1.29 is 4.74 Å². The van der Waals surface area contributed by atoms with Gasteiger partial charge in [-0.15, -0.1) is 0 Å². The Hall–Kier alpha value is -0.570. The van der Waals surface area contributed by atoms with Crippen LogP contribution < -0.4 is 5.32 Å². The predicted molar refractivity (Wildman–Crippen MR) is 80.9 cm³/mol. The molecule has 0 aromatic heterocycles. The third kappa shape index (κ3) is 4.20. The van der Waals surface area contributed by atoms with Gasteiger partial charge in [0.1, 0.15) is 0 Å². The fraction of sp³-hybridized carbons (Fsp3) is 0.625. The van der Waals surface area contributed by atoms with E-state index in [-0.39, 0.29) is 0 Å². The molecule has 0 aliphatic carbocycles. The van der Waals surface area contributed by atoms with Gasteiger partial charge in [-0.3, -0.25) is 0 Å². The van der Waals surface area contributed by atoms with Gasteiger partial charge in [0.15, 0.2) is 0 Å². The zero-order valence-electron chi connectivity index (χ0n) is 11.9. The van der Waals surface area contributed by atoms with Gasteiger partial charge in [0.2, 0.25) is 0 Å². The Balaban J connectivity index is 2.05. The molecular weight excluding hydrogens is 258 g/mol. The Kier molecular flexibility index (Phi) is 5.68. The first kappa shape index (κ1) is 14.8. The maximum absolute atomic E-state index is 6.34. The van der Waals surface area contributed by atoms with E-state index in [0.717, 1.165) is 24.5 Å². The van der Waals surface area contributed by atoms with Gasteiger partial charge < -0.3 is 10.1 Å². The molecule has 3 heteroatoms. The molecule has 1 N–H and O–H groups in total. The lowest BCUT2D eigenvalue weighted by atomic mass is 9.92. The molecular formula is C16H24ClNO. The van der Waals surface area contributed by atoms with Crippen LogP contribution in [-0.2, 0) is 4.74 Å². The highest BCUT2D eigenvalue weighted by Crippen LogP contribution is 2.32. The monoisotopic (exact) mass is 281 g/mol. The molecule has 19 heavy (non-hydrogen) atoms. The summed E-state index contributed by atoms with van der Waals surface area (Å²) < 4.78 is 5.96. The van der Waals surface area contributed by atoms with E-state index in [1.807, 2.05) is 12.1 Å². The minimum Gasteiger partial charge on any atom is -0.375 e. The molecule has 2 nitrogen and oxygen atoms in total. The number of ether oxygens (including phenoxy) is 1. The van der Waals surface area contributed by atoms with Gasteiger partial charge in [-0.25, -0.2) is 0 Å². The Bertz CT molecular complexity index is 396. The number of halogens is 1. The van der Waals surface area contributed by atoms with Crippen molar-refractivity contribution in [2.45, 2.75) is 51.2 Å². The highest BCUT2D eigenvalue weighted by Gasteiger charge is 2.26. The largest absolute Gasteiger partial charge is 0.375 e. The minimum absolute atomic E-state index is 0.384. The molecule has 0 bridgehead atoms. The van der Waals surface area contributed by atoms with Crippen molar-refractivity contribution in [2.75, 3.05) is 13.1 Å². The summed E-state index contributed by atoms with van der Waals surface area (Å²) >= 11 is 6.34. The fourth-order valence-corrected chi connectivity index (χ4v) is 3.11. The van der Waals surface area contributed by atoms with Gasteiger partial charge in [0, 0.05) is 17.5 Å². The molecule has 3 atom stereocenters. The second-order valence-electron chi connectivity index (χ2n) is 5.41. The van der Waals surface area contributed by atoms with Crippen LogP contribution in [0.5, 0.6) is 0 Å². The predicted octanol–water partition coefficient (Wildman–Crippen LogP) is 3.99. The summed E-state index contributed by atoms with van der Waals surface area (Å²) in [5.41, 5.74) is 1.24. The molecule has 1 aliphatic rings. The van der Waals surface area contributed by atoms with Crippen molar-refractivity contribution in [1.82, 2.24) is 5.32 Å². The summed E-state index contributed by atoms with van der Waals surface area (Å²) in [5, 5.41) is 4.32. The molecule has 1 heterocycles. The molecule has 106 valence electrons. The third-order valence-corrected chi connectivity index (χ3v) is 4.20. The molecule has 1 fully saturated rings. The normalized spacial score (nSPS) is 24.6. The average Bonchev–Trinajstić information content (AvgIpc) is 2.81. The maximum Gasteiger partial charge on any atom is 0.0586 e. The topological polar surface area (TPSA) is 21.3 Å². The first-order chi connectivity index (χ1) is 9.20. The number of nitrogens with one attached hydrogen (secondary N) is 1. The molecule has 0 amide bonds. The zero-order chi connectivity index (χ0) is 13.7. The van der Waals surface area contributed by atoms with E-state index in [1.165, 1.54) is 18.4 Å². The Morgan fingerprint density at radius 1 is 1.37 bits per heavy atom. The zero-order valence-corrected chi connectivity index (χ0v) is 12.6. The first-order valence-electron chi connectivity index (χ1n) is 7.31. The second-order valence-corrected chi connectivity index (χ2v) is 5.82. The van der Waals surface area contributed by atoms with E-state index in [0.29, 0.717) is 18.1 Å². The molecule has 0 spiro atoms.